The van der Waals surface area contributed by atoms with Gasteiger partial charge in [0.25, 0.3) is 0 Å². The summed E-state index contributed by atoms with van der Waals surface area (Å²) >= 11 is 1.89. The van der Waals surface area contributed by atoms with E-state index >= 15 is 0 Å². The molecular formula is C46H26O2S. The normalized spacial score (nSPS) is 12.1. The predicted octanol–water partition coefficient (Wildman–Crippen LogP) is 14.0. The molecule has 0 saturated heterocycles. The largest absolute Gasteiger partial charge is 0.464 e. The highest BCUT2D eigenvalue weighted by atomic mass is 32.1. The molecule has 0 saturated carbocycles. The second kappa shape index (κ2) is 10.2. The van der Waals surface area contributed by atoms with Crippen molar-refractivity contribution in [1.29, 1.82) is 0 Å². The quantitative estimate of drug-likeness (QED) is 0.179. The van der Waals surface area contributed by atoms with Gasteiger partial charge in [0.2, 0.25) is 0 Å². The van der Waals surface area contributed by atoms with E-state index in [2.05, 4.69) is 146 Å². The van der Waals surface area contributed by atoms with Crippen molar-refractivity contribution < 1.29 is 8.83 Å². The molecule has 0 unspecified atom stereocenters. The molecule has 49 heavy (non-hydrogen) atoms. The minimum atomic E-state index is 0.852. The maximum Gasteiger partial charge on any atom is 0.136 e. The smallest absolute Gasteiger partial charge is 0.136 e. The molecule has 3 heteroatoms. The molecule has 0 aliphatic rings. The van der Waals surface area contributed by atoms with Crippen molar-refractivity contribution in [1.82, 2.24) is 0 Å². The predicted molar refractivity (Wildman–Crippen MR) is 208 cm³/mol. The summed E-state index contributed by atoms with van der Waals surface area (Å²) in [5, 5.41) is 10.8. The Morgan fingerprint density at radius 2 is 0.980 bits per heavy atom. The van der Waals surface area contributed by atoms with E-state index in [0.29, 0.717) is 0 Å². The number of hydrogen-bond donors (Lipinski definition) is 0. The van der Waals surface area contributed by atoms with Gasteiger partial charge in [-0.2, -0.15) is 0 Å². The van der Waals surface area contributed by atoms with Crippen molar-refractivity contribution >= 4 is 86.0 Å². The highest BCUT2D eigenvalue weighted by Gasteiger charge is 2.22. The molecule has 0 radical (unpaired) electrons. The zero-order valence-corrected chi connectivity index (χ0v) is 27.1. The molecule has 0 aliphatic carbocycles. The first-order valence-corrected chi connectivity index (χ1v) is 17.4. The number of benzene rings is 8. The third-order valence-corrected chi connectivity index (χ3v) is 11.4. The van der Waals surface area contributed by atoms with E-state index in [0.717, 1.165) is 49.6 Å². The average molecular weight is 643 g/mol. The van der Waals surface area contributed by atoms with E-state index in [1.807, 2.05) is 23.7 Å². The summed E-state index contributed by atoms with van der Waals surface area (Å²) in [4.78, 5) is 0. The molecular weight excluding hydrogens is 617 g/mol. The molecule has 0 spiro atoms. The molecule has 228 valence electrons. The van der Waals surface area contributed by atoms with E-state index in [9.17, 15) is 0 Å². The van der Waals surface area contributed by atoms with Crippen molar-refractivity contribution in [3.05, 3.63) is 158 Å². The molecule has 8 aromatic carbocycles. The number of furan rings is 2. The van der Waals surface area contributed by atoms with Crippen molar-refractivity contribution in [3.8, 4) is 33.4 Å². The van der Waals surface area contributed by atoms with E-state index in [1.165, 1.54) is 58.4 Å². The van der Waals surface area contributed by atoms with Gasteiger partial charge < -0.3 is 8.83 Å². The molecule has 3 aromatic heterocycles. The fourth-order valence-corrected chi connectivity index (χ4v) is 9.27. The van der Waals surface area contributed by atoms with Crippen LogP contribution in [0.1, 0.15) is 0 Å². The lowest BCUT2D eigenvalue weighted by Gasteiger charge is -2.18. The van der Waals surface area contributed by atoms with Crippen molar-refractivity contribution in [3.63, 3.8) is 0 Å². The van der Waals surface area contributed by atoms with Gasteiger partial charge >= 0.3 is 0 Å². The van der Waals surface area contributed by atoms with Crippen molar-refractivity contribution in [2.45, 2.75) is 0 Å². The standard InChI is InChI=1S/C46H26O2S/c1-2-12-27(13-3-1)38-26-47-40-25-37-41(24-36(38)40)48-39-22-11-20-34(45(37)39)43-29-15-4-6-17-31(29)44(32-18-7-5-16-30(32)43)35-21-10-19-33-28-14-8-9-23-42(28)49-46(33)35/h1-26H. The second-order valence-corrected chi connectivity index (χ2v) is 13.8. The molecule has 11 rings (SSSR count). The summed E-state index contributed by atoms with van der Waals surface area (Å²) in [6, 6.07) is 54.5. The topological polar surface area (TPSA) is 26.3 Å². The summed E-state index contributed by atoms with van der Waals surface area (Å²) in [5.74, 6) is 0. The summed E-state index contributed by atoms with van der Waals surface area (Å²) in [7, 11) is 0. The molecule has 0 fully saturated rings. The third-order valence-electron chi connectivity index (χ3n) is 10.2. The number of hydrogen-bond acceptors (Lipinski definition) is 3. The monoisotopic (exact) mass is 642 g/mol. The Balaban J connectivity index is 1.23. The van der Waals surface area contributed by atoms with Gasteiger partial charge in [0, 0.05) is 47.5 Å². The first-order chi connectivity index (χ1) is 24.3. The Hall–Kier alpha value is -6.16. The first-order valence-electron chi connectivity index (χ1n) is 16.6. The first kappa shape index (κ1) is 26.9. The Morgan fingerprint density at radius 1 is 0.388 bits per heavy atom. The maximum atomic E-state index is 6.64. The van der Waals surface area contributed by atoms with Crippen LogP contribution < -0.4 is 0 Å². The zero-order chi connectivity index (χ0) is 32.1. The minimum Gasteiger partial charge on any atom is -0.464 e. The van der Waals surface area contributed by atoms with Gasteiger partial charge in [0.1, 0.15) is 16.7 Å². The van der Waals surface area contributed by atoms with E-state index in [1.54, 1.807) is 0 Å². The fourth-order valence-electron chi connectivity index (χ4n) is 8.05. The summed E-state index contributed by atoms with van der Waals surface area (Å²) < 4.78 is 15.5. The Labute approximate surface area is 285 Å². The van der Waals surface area contributed by atoms with E-state index in [-0.39, 0.29) is 0 Å². The summed E-state index contributed by atoms with van der Waals surface area (Å²) in [5.41, 5.74) is 9.71. The lowest BCUT2D eigenvalue weighted by molar-refractivity contribution is 0.617. The third kappa shape index (κ3) is 3.82. The van der Waals surface area contributed by atoms with Crippen LogP contribution in [-0.4, -0.2) is 0 Å². The van der Waals surface area contributed by atoms with Crippen LogP contribution in [-0.2, 0) is 0 Å². The highest BCUT2D eigenvalue weighted by molar-refractivity contribution is 7.26. The molecule has 0 amide bonds. The van der Waals surface area contributed by atoms with Crippen LogP contribution in [0.5, 0.6) is 0 Å². The summed E-state index contributed by atoms with van der Waals surface area (Å²) in [6.45, 7) is 0. The van der Waals surface area contributed by atoms with Crippen LogP contribution in [0, 0.1) is 0 Å². The van der Waals surface area contributed by atoms with Gasteiger partial charge in [-0.15, -0.1) is 11.3 Å². The van der Waals surface area contributed by atoms with Crippen LogP contribution in [0.25, 0.3) is 108 Å². The van der Waals surface area contributed by atoms with Crippen LogP contribution >= 0.6 is 11.3 Å². The van der Waals surface area contributed by atoms with E-state index in [4.69, 9.17) is 8.83 Å². The minimum absolute atomic E-state index is 0.852. The van der Waals surface area contributed by atoms with Crippen molar-refractivity contribution in [2.24, 2.45) is 0 Å². The van der Waals surface area contributed by atoms with Crippen LogP contribution in [0.15, 0.2) is 167 Å². The molecule has 11 aromatic rings. The molecule has 0 atom stereocenters. The number of rotatable bonds is 3. The molecule has 3 heterocycles. The number of thiophene rings is 1. The second-order valence-electron chi connectivity index (χ2n) is 12.8. The highest BCUT2D eigenvalue weighted by Crippen LogP contribution is 2.50. The van der Waals surface area contributed by atoms with E-state index < -0.39 is 0 Å². The zero-order valence-electron chi connectivity index (χ0n) is 26.2. The van der Waals surface area contributed by atoms with Crippen LogP contribution in [0.3, 0.4) is 0 Å². The summed E-state index contributed by atoms with van der Waals surface area (Å²) in [6.07, 6.45) is 1.86. The molecule has 0 aliphatic heterocycles. The van der Waals surface area contributed by atoms with Gasteiger partial charge in [-0.1, -0.05) is 127 Å². The van der Waals surface area contributed by atoms with Gasteiger partial charge in [-0.05, 0) is 68.1 Å². The van der Waals surface area contributed by atoms with Crippen LogP contribution in [0.4, 0.5) is 0 Å². The lowest BCUT2D eigenvalue weighted by atomic mass is 9.84. The molecule has 0 N–H and O–H groups in total. The van der Waals surface area contributed by atoms with Crippen LogP contribution in [0.2, 0.25) is 0 Å². The van der Waals surface area contributed by atoms with Gasteiger partial charge in [0.05, 0.1) is 6.26 Å². The van der Waals surface area contributed by atoms with Gasteiger partial charge in [0.15, 0.2) is 0 Å². The Morgan fingerprint density at radius 3 is 1.73 bits per heavy atom. The number of fused-ring (bicyclic) bond motifs is 9. The Kier molecular flexibility index (Phi) is 5.57. The van der Waals surface area contributed by atoms with Crippen molar-refractivity contribution in [2.75, 3.05) is 0 Å². The SMILES string of the molecule is c1ccc(-c2coc3cc4c(cc23)oc2cccc(-c3c5ccccc5c(-c5cccc6c5sc5ccccc56)c5ccccc35)c24)cc1. The molecule has 0 bridgehead atoms. The molecule has 2 nitrogen and oxygen atoms in total. The maximum absolute atomic E-state index is 6.64. The fraction of sp³-hybridized carbons (Fsp3) is 0. The van der Waals surface area contributed by atoms with Gasteiger partial charge in [-0.3, -0.25) is 0 Å². The average Bonchev–Trinajstić information content (AvgIpc) is 3.86. The Bertz CT molecular complexity index is 3050. The van der Waals surface area contributed by atoms with Gasteiger partial charge in [-0.25, -0.2) is 0 Å². The lowest BCUT2D eigenvalue weighted by Crippen LogP contribution is -1.91.